The van der Waals surface area contributed by atoms with Crippen molar-refractivity contribution >= 4 is 15.8 Å². The first kappa shape index (κ1) is 15.8. The standard InChI is InChI=1S/C6H5N2O3S.Cr.2H2O.2O/c7-8-5-3-1-2-4-6(5)12(9,10)11;;;;;/h1-4H,(H,9,10,11);;2*1H2;;/q-1;+2;;;;/p-2. The molecule has 17 heavy (non-hydrogen) atoms. The fraction of sp³-hybridized carbons (Fsp3) is 0. The van der Waals surface area contributed by atoms with Crippen LogP contribution < -0.4 is 0 Å². The van der Waals surface area contributed by atoms with Crippen LogP contribution in [0.15, 0.2) is 34.3 Å². The van der Waals surface area contributed by atoms with Crippen LogP contribution in [-0.2, 0) is 31.3 Å². The summed E-state index contributed by atoms with van der Waals surface area (Å²) < 4.78 is 61.7. The summed E-state index contributed by atoms with van der Waals surface area (Å²) in [7, 11) is -4.30. The Morgan fingerprint density at radius 3 is 1.88 bits per heavy atom. The van der Waals surface area contributed by atoms with Gasteiger partial charge in [-0.2, -0.15) is 8.42 Å². The van der Waals surface area contributed by atoms with Crippen molar-refractivity contribution in [2.24, 2.45) is 5.11 Å². The molecule has 11 heteroatoms. The zero-order chi connectivity index (χ0) is 13.7. The van der Waals surface area contributed by atoms with Gasteiger partial charge < -0.3 is 10.6 Å². The molecule has 0 atom stereocenters. The molecule has 0 unspecified atom stereocenters. The molecule has 0 aliphatic heterocycles. The van der Waals surface area contributed by atoms with Gasteiger partial charge in [-0.3, -0.25) is 4.55 Å². The molecule has 0 aromatic heterocycles. The zero-order valence-corrected chi connectivity index (χ0v) is 10.1. The van der Waals surface area contributed by atoms with Gasteiger partial charge in [-0.1, -0.05) is 12.1 Å². The topological polar surface area (TPSA) is 164 Å². The van der Waals surface area contributed by atoms with Crippen LogP contribution in [0.5, 0.6) is 0 Å². The molecule has 0 bridgehead atoms. The monoisotopic (exact) mass is 303 g/mol. The van der Waals surface area contributed by atoms with E-state index in [1.165, 1.54) is 18.2 Å². The molecule has 9 nitrogen and oxygen atoms in total. The van der Waals surface area contributed by atoms with Gasteiger partial charge in [0, 0.05) is 0 Å². The molecule has 0 saturated heterocycles. The average Bonchev–Trinajstić information content (AvgIpc) is 2.14. The molecule has 0 fully saturated rings. The molecule has 3 N–H and O–H groups in total. The van der Waals surface area contributed by atoms with Gasteiger partial charge in [-0.05, 0) is 12.1 Å². The van der Waals surface area contributed by atoms with Gasteiger partial charge in [-0.15, -0.1) is 0 Å². The van der Waals surface area contributed by atoms with Crippen molar-refractivity contribution in [1.29, 1.82) is 0 Å². The summed E-state index contributed by atoms with van der Waals surface area (Å²) in [4.78, 5) is -0.410. The molecule has 1 aromatic rings. The van der Waals surface area contributed by atoms with Gasteiger partial charge >= 0.3 is 29.5 Å². The van der Waals surface area contributed by atoms with Crippen LogP contribution in [0.25, 0.3) is 5.53 Å². The van der Waals surface area contributed by atoms with Crippen molar-refractivity contribution in [3.63, 3.8) is 0 Å². The SMILES string of the molecule is [N-]=Nc1ccccc1S(=O)(=O)O.[O]=[Cr](=[O])([OH])[OH]. The predicted octanol–water partition coefficient (Wildman–Crippen LogP) is 0.232. The minimum absolute atomic E-state index is 0.181. The number of benzene rings is 1. The molecule has 0 radical (unpaired) electrons. The van der Waals surface area contributed by atoms with Crippen LogP contribution in [0.2, 0.25) is 0 Å². The Hall–Kier alpha value is -1.22. The van der Waals surface area contributed by atoms with E-state index in [4.69, 9.17) is 26.0 Å². The number of rotatable bonds is 2. The van der Waals surface area contributed by atoms with E-state index in [1.807, 2.05) is 0 Å². The van der Waals surface area contributed by atoms with Crippen LogP contribution in [0, 0.1) is 0 Å². The molecule has 0 heterocycles. The quantitative estimate of drug-likeness (QED) is 0.519. The fourth-order valence-electron chi connectivity index (χ4n) is 0.758. The van der Waals surface area contributed by atoms with Crippen LogP contribution in [-0.4, -0.2) is 21.3 Å². The normalized spacial score (nSPS) is 11.2. The molecule has 0 aliphatic carbocycles. The molecule has 1 aromatic carbocycles. The molecule has 1 rings (SSSR count). The van der Waals surface area contributed by atoms with E-state index in [0.717, 1.165) is 6.07 Å². The third kappa shape index (κ3) is 7.64. The van der Waals surface area contributed by atoms with Gasteiger partial charge in [0.15, 0.2) is 0 Å². The first-order valence-electron chi connectivity index (χ1n) is 3.67. The van der Waals surface area contributed by atoms with Crippen molar-refractivity contribution in [2.75, 3.05) is 0 Å². The fourth-order valence-corrected chi connectivity index (χ4v) is 1.38. The van der Waals surface area contributed by atoms with E-state index in [0.29, 0.717) is 0 Å². The summed E-state index contributed by atoms with van der Waals surface area (Å²) in [5, 5.41) is 2.70. The van der Waals surface area contributed by atoms with E-state index in [1.54, 1.807) is 0 Å². The second-order valence-electron chi connectivity index (χ2n) is 2.49. The molecule has 0 spiro atoms. The Labute approximate surface area is 98.4 Å². The average molecular weight is 303 g/mol. The maximum atomic E-state index is 10.6. The van der Waals surface area contributed by atoms with Crippen LogP contribution in [0.1, 0.15) is 0 Å². The summed E-state index contributed by atoms with van der Waals surface area (Å²) in [6, 6.07) is 5.31. The molecule has 0 saturated carbocycles. The number of hydrogen-bond donors (Lipinski definition) is 3. The van der Waals surface area contributed by atoms with E-state index >= 15 is 0 Å². The molecular weight excluding hydrogens is 296 g/mol. The van der Waals surface area contributed by atoms with Crippen molar-refractivity contribution in [3.8, 4) is 0 Å². The van der Waals surface area contributed by atoms with Crippen LogP contribution in [0.3, 0.4) is 0 Å². The predicted molar refractivity (Wildman–Crippen MR) is 47.5 cm³/mol. The van der Waals surface area contributed by atoms with Crippen molar-refractivity contribution in [2.45, 2.75) is 4.90 Å². The number of nitrogens with zero attached hydrogens (tertiary/aromatic N) is 2. The Morgan fingerprint density at radius 1 is 1.18 bits per heavy atom. The van der Waals surface area contributed by atoms with E-state index in [2.05, 4.69) is 5.11 Å². The second kappa shape index (κ2) is 5.92. The molecule has 0 amide bonds. The van der Waals surface area contributed by atoms with Crippen LogP contribution >= 0.6 is 0 Å². The molecule has 96 valence electrons. The third-order valence-electron chi connectivity index (χ3n) is 1.25. The summed E-state index contributed by atoms with van der Waals surface area (Å²) in [5.74, 6) is 0. The van der Waals surface area contributed by atoms with Crippen molar-refractivity contribution < 1.29 is 42.5 Å². The van der Waals surface area contributed by atoms with Gasteiger partial charge in [0.05, 0.1) is 5.69 Å². The molecular formula is C6H7CrN2O7S-. The zero-order valence-electron chi connectivity index (χ0n) is 7.99. The van der Waals surface area contributed by atoms with E-state index in [9.17, 15) is 8.42 Å². The summed E-state index contributed by atoms with van der Waals surface area (Å²) in [6.07, 6.45) is 0. The summed E-state index contributed by atoms with van der Waals surface area (Å²) >= 11 is -5.25. The van der Waals surface area contributed by atoms with Crippen molar-refractivity contribution in [1.82, 2.24) is 0 Å². The van der Waals surface area contributed by atoms with Gasteiger partial charge in [0.1, 0.15) is 4.90 Å². The number of hydrogen-bond acceptors (Lipinski definition) is 5. The Balaban J connectivity index is 0.000000437. The Kier molecular flexibility index (Phi) is 5.49. The second-order valence-corrected chi connectivity index (χ2v) is 5.28. The van der Waals surface area contributed by atoms with Gasteiger partial charge in [0.2, 0.25) is 0 Å². The van der Waals surface area contributed by atoms with E-state index in [-0.39, 0.29) is 5.69 Å². The first-order chi connectivity index (χ1) is 7.55. The Morgan fingerprint density at radius 2 is 1.59 bits per heavy atom. The Bertz CT molecular complexity index is 587. The minimum atomic E-state index is -5.25. The summed E-state index contributed by atoms with van der Waals surface area (Å²) in [5.41, 5.74) is 8.15. The van der Waals surface area contributed by atoms with E-state index < -0.39 is 28.6 Å². The summed E-state index contributed by atoms with van der Waals surface area (Å²) in [6.45, 7) is 0. The third-order valence-corrected chi connectivity index (χ3v) is 2.15. The van der Waals surface area contributed by atoms with Gasteiger partial charge in [0.25, 0.3) is 10.1 Å². The first-order valence-corrected chi connectivity index (χ1v) is 7.29. The molecule has 0 aliphatic rings. The van der Waals surface area contributed by atoms with Crippen molar-refractivity contribution in [3.05, 3.63) is 29.8 Å². The van der Waals surface area contributed by atoms with Crippen LogP contribution in [0.4, 0.5) is 5.69 Å². The van der Waals surface area contributed by atoms with Gasteiger partial charge in [-0.25, -0.2) is 0 Å². The maximum absolute atomic E-state index is 10.6.